The van der Waals surface area contributed by atoms with Crippen LogP contribution < -0.4 is 0 Å². The van der Waals surface area contributed by atoms with E-state index in [9.17, 15) is 9.90 Å². The SMILES string of the molecule is O=C(O)c1cc(Cc2nccs2)ccc1O. The first kappa shape index (κ1) is 10.6. The van der Waals surface area contributed by atoms with Gasteiger partial charge in [0.15, 0.2) is 0 Å². The van der Waals surface area contributed by atoms with E-state index in [0.29, 0.717) is 6.42 Å². The zero-order chi connectivity index (χ0) is 11.5. The van der Waals surface area contributed by atoms with Crippen molar-refractivity contribution >= 4 is 17.3 Å². The standard InChI is InChI=1S/C11H9NO3S/c13-9-2-1-7(5-8(9)11(14)15)6-10-12-3-4-16-10/h1-5,13H,6H2,(H,14,15). The van der Waals surface area contributed by atoms with Gasteiger partial charge in [0.1, 0.15) is 11.3 Å². The lowest BCUT2D eigenvalue weighted by molar-refractivity contribution is 0.0693. The number of carboxylic acid groups (broad SMARTS) is 1. The minimum atomic E-state index is -1.13. The van der Waals surface area contributed by atoms with Gasteiger partial charge in [-0.3, -0.25) is 0 Å². The molecule has 1 aromatic carbocycles. The maximum Gasteiger partial charge on any atom is 0.339 e. The second-order valence-corrected chi connectivity index (χ2v) is 4.24. The van der Waals surface area contributed by atoms with E-state index in [1.165, 1.54) is 23.5 Å². The second-order valence-electron chi connectivity index (χ2n) is 3.26. The van der Waals surface area contributed by atoms with E-state index in [-0.39, 0.29) is 11.3 Å². The molecule has 1 heterocycles. The molecule has 0 aliphatic heterocycles. The van der Waals surface area contributed by atoms with Crippen LogP contribution in [0, 0.1) is 0 Å². The Morgan fingerprint density at radius 3 is 2.88 bits per heavy atom. The molecule has 5 heteroatoms. The fourth-order valence-corrected chi connectivity index (χ4v) is 2.03. The highest BCUT2D eigenvalue weighted by Gasteiger charge is 2.10. The Kier molecular flexibility index (Phi) is 2.87. The van der Waals surface area contributed by atoms with Crippen LogP contribution in [-0.2, 0) is 6.42 Å². The summed E-state index contributed by atoms with van der Waals surface area (Å²) in [6.45, 7) is 0. The lowest BCUT2D eigenvalue weighted by atomic mass is 10.1. The zero-order valence-corrected chi connectivity index (χ0v) is 9.07. The summed E-state index contributed by atoms with van der Waals surface area (Å²) in [5.41, 5.74) is 0.749. The predicted octanol–water partition coefficient (Wildman–Crippen LogP) is 2.14. The molecule has 4 nitrogen and oxygen atoms in total. The molecule has 0 radical (unpaired) electrons. The van der Waals surface area contributed by atoms with Crippen molar-refractivity contribution in [3.8, 4) is 5.75 Å². The van der Waals surface area contributed by atoms with Crippen LogP contribution in [0.25, 0.3) is 0 Å². The molecule has 1 aromatic heterocycles. The summed E-state index contributed by atoms with van der Waals surface area (Å²) < 4.78 is 0. The number of hydrogen-bond donors (Lipinski definition) is 2. The normalized spacial score (nSPS) is 10.2. The van der Waals surface area contributed by atoms with Crippen molar-refractivity contribution in [2.75, 3.05) is 0 Å². The van der Waals surface area contributed by atoms with Crippen molar-refractivity contribution < 1.29 is 15.0 Å². The number of phenols is 1. The number of carboxylic acids is 1. The molecule has 0 atom stereocenters. The van der Waals surface area contributed by atoms with Gasteiger partial charge in [0.2, 0.25) is 0 Å². The second kappa shape index (κ2) is 4.32. The highest BCUT2D eigenvalue weighted by Crippen LogP contribution is 2.20. The highest BCUT2D eigenvalue weighted by atomic mass is 32.1. The third kappa shape index (κ3) is 2.20. The summed E-state index contributed by atoms with van der Waals surface area (Å²) in [7, 11) is 0. The van der Waals surface area contributed by atoms with Crippen molar-refractivity contribution in [3.05, 3.63) is 45.9 Å². The summed E-state index contributed by atoms with van der Waals surface area (Å²) in [5.74, 6) is -1.34. The molecule has 2 aromatic rings. The van der Waals surface area contributed by atoms with Crippen LogP contribution >= 0.6 is 11.3 Å². The van der Waals surface area contributed by atoms with Crippen molar-refractivity contribution in [2.24, 2.45) is 0 Å². The molecule has 0 aliphatic rings. The molecule has 2 N–H and O–H groups in total. The van der Waals surface area contributed by atoms with Gasteiger partial charge in [-0.1, -0.05) is 6.07 Å². The summed E-state index contributed by atoms with van der Waals surface area (Å²) in [6, 6.07) is 4.56. The summed E-state index contributed by atoms with van der Waals surface area (Å²) in [4.78, 5) is 14.9. The van der Waals surface area contributed by atoms with E-state index in [1.807, 2.05) is 5.38 Å². The molecular formula is C11H9NO3S. The highest BCUT2D eigenvalue weighted by molar-refractivity contribution is 7.09. The van der Waals surface area contributed by atoms with E-state index in [1.54, 1.807) is 12.3 Å². The molecule has 0 unspecified atom stereocenters. The van der Waals surface area contributed by atoms with Crippen molar-refractivity contribution in [1.82, 2.24) is 4.98 Å². The fraction of sp³-hybridized carbons (Fsp3) is 0.0909. The first-order valence-electron chi connectivity index (χ1n) is 4.60. The molecule has 0 aliphatic carbocycles. The van der Waals surface area contributed by atoms with Crippen LogP contribution in [0.1, 0.15) is 20.9 Å². The maximum atomic E-state index is 10.8. The fourth-order valence-electron chi connectivity index (χ4n) is 1.38. The third-order valence-corrected chi connectivity index (χ3v) is 2.91. The van der Waals surface area contributed by atoms with Crippen LogP contribution in [0.4, 0.5) is 0 Å². The van der Waals surface area contributed by atoms with E-state index < -0.39 is 5.97 Å². The van der Waals surface area contributed by atoms with Gasteiger partial charge in [-0.15, -0.1) is 11.3 Å². The summed E-state index contributed by atoms with van der Waals surface area (Å²) in [6.07, 6.45) is 2.29. The van der Waals surface area contributed by atoms with Gasteiger partial charge in [-0.05, 0) is 17.7 Å². The molecule has 16 heavy (non-hydrogen) atoms. The average molecular weight is 235 g/mol. The number of aromatic hydroxyl groups is 1. The first-order chi connectivity index (χ1) is 7.66. The smallest absolute Gasteiger partial charge is 0.339 e. The van der Waals surface area contributed by atoms with E-state index >= 15 is 0 Å². The van der Waals surface area contributed by atoms with Gasteiger partial charge in [0.05, 0.1) is 5.01 Å². The summed E-state index contributed by atoms with van der Waals surface area (Å²) >= 11 is 1.52. The molecule has 0 bridgehead atoms. The number of nitrogens with zero attached hydrogens (tertiary/aromatic N) is 1. The Balaban J connectivity index is 2.29. The number of benzene rings is 1. The lowest BCUT2D eigenvalue weighted by Crippen LogP contribution is -1.98. The summed E-state index contributed by atoms with van der Waals surface area (Å²) in [5, 5.41) is 21.0. The van der Waals surface area contributed by atoms with Crippen LogP contribution in [0.2, 0.25) is 0 Å². The number of aromatic nitrogens is 1. The molecule has 0 fully saturated rings. The number of rotatable bonds is 3. The molecule has 0 saturated heterocycles. The first-order valence-corrected chi connectivity index (χ1v) is 5.48. The van der Waals surface area contributed by atoms with Gasteiger partial charge in [-0.25, -0.2) is 9.78 Å². The van der Waals surface area contributed by atoms with Crippen molar-refractivity contribution in [3.63, 3.8) is 0 Å². The van der Waals surface area contributed by atoms with Crippen LogP contribution in [0.3, 0.4) is 0 Å². The number of hydrogen-bond acceptors (Lipinski definition) is 4. The molecule has 0 amide bonds. The zero-order valence-electron chi connectivity index (χ0n) is 8.25. The largest absolute Gasteiger partial charge is 0.507 e. The minimum absolute atomic E-state index is 0.0749. The van der Waals surface area contributed by atoms with Crippen LogP contribution in [-0.4, -0.2) is 21.2 Å². The molecule has 2 rings (SSSR count). The topological polar surface area (TPSA) is 70.4 Å². The third-order valence-electron chi connectivity index (χ3n) is 2.13. The van der Waals surface area contributed by atoms with Crippen LogP contribution in [0.5, 0.6) is 5.75 Å². The molecule has 0 saturated carbocycles. The predicted molar refractivity (Wildman–Crippen MR) is 60.0 cm³/mol. The van der Waals surface area contributed by atoms with Gasteiger partial charge >= 0.3 is 5.97 Å². The Hall–Kier alpha value is -1.88. The lowest BCUT2D eigenvalue weighted by Gasteiger charge is -2.02. The van der Waals surface area contributed by atoms with Gasteiger partial charge in [0.25, 0.3) is 0 Å². The number of thiazole rings is 1. The van der Waals surface area contributed by atoms with Gasteiger partial charge in [-0.2, -0.15) is 0 Å². The van der Waals surface area contributed by atoms with E-state index in [0.717, 1.165) is 10.6 Å². The number of aromatic carboxylic acids is 1. The van der Waals surface area contributed by atoms with Gasteiger partial charge < -0.3 is 10.2 Å². The Bertz CT molecular complexity index is 508. The minimum Gasteiger partial charge on any atom is -0.507 e. The van der Waals surface area contributed by atoms with E-state index in [4.69, 9.17) is 5.11 Å². The molecular weight excluding hydrogens is 226 g/mol. The van der Waals surface area contributed by atoms with Crippen molar-refractivity contribution in [1.29, 1.82) is 0 Å². The number of carbonyl (C=O) groups is 1. The van der Waals surface area contributed by atoms with Crippen molar-refractivity contribution in [2.45, 2.75) is 6.42 Å². The average Bonchev–Trinajstić information content (AvgIpc) is 2.73. The quantitative estimate of drug-likeness (QED) is 0.855. The monoisotopic (exact) mass is 235 g/mol. The Morgan fingerprint density at radius 2 is 2.25 bits per heavy atom. The molecule has 0 spiro atoms. The Labute approximate surface area is 95.8 Å². The maximum absolute atomic E-state index is 10.8. The van der Waals surface area contributed by atoms with Crippen LogP contribution in [0.15, 0.2) is 29.8 Å². The van der Waals surface area contributed by atoms with Gasteiger partial charge in [0, 0.05) is 18.0 Å². The Morgan fingerprint density at radius 1 is 1.44 bits per heavy atom. The molecule has 82 valence electrons. The van der Waals surface area contributed by atoms with E-state index in [2.05, 4.69) is 4.98 Å².